The molecular formula is C41H47N3O6S2. The van der Waals surface area contributed by atoms with Crippen LogP contribution in [0.3, 0.4) is 0 Å². The number of nitrogens with zero attached hydrogens (tertiary/aromatic N) is 3. The molecule has 0 aliphatic heterocycles. The fourth-order valence-corrected chi connectivity index (χ4v) is 7.56. The standard InChI is InChI=1S/C41H47N3O6S2/c1-5-42(6-2)36-21-15-33(16-22-36)41(34-17-23-37(24-18-34)43(7-3)29-31-11-9-13-39(27-31)51-50-49-45)35-19-25-38(26-20-35)44(8-4)30-32-12-10-14-40(28-32)52(46,47)48/h9-28,41,45H,5-8,29-30H2,1-4H3,(H,46,47,48). The van der Waals surface area contributed by atoms with Gasteiger partial charge < -0.3 is 14.7 Å². The molecule has 0 bridgehead atoms. The zero-order valence-electron chi connectivity index (χ0n) is 30.1. The molecule has 5 aromatic rings. The lowest BCUT2D eigenvalue weighted by molar-refractivity contribution is -0.432. The molecule has 0 radical (unpaired) electrons. The molecule has 9 nitrogen and oxygen atoms in total. The van der Waals surface area contributed by atoms with E-state index in [0.29, 0.717) is 13.1 Å². The summed E-state index contributed by atoms with van der Waals surface area (Å²) in [6.07, 6.45) is 0. The molecule has 2 N–H and O–H groups in total. The largest absolute Gasteiger partial charge is 0.372 e. The maximum absolute atomic E-state index is 11.7. The van der Waals surface area contributed by atoms with E-state index in [-0.39, 0.29) is 10.8 Å². The summed E-state index contributed by atoms with van der Waals surface area (Å²) in [7, 11) is -4.28. The summed E-state index contributed by atoms with van der Waals surface area (Å²) in [4.78, 5) is 7.55. The smallest absolute Gasteiger partial charge is 0.294 e. The van der Waals surface area contributed by atoms with Crippen LogP contribution in [0.25, 0.3) is 0 Å². The van der Waals surface area contributed by atoms with Gasteiger partial charge in [-0.25, -0.2) is 5.26 Å². The van der Waals surface area contributed by atoms with E-state index in [0.717, 1.165) is 71.2 Å². The molecule has 1 unspecified atom stereocenters. The third-order valence-corrected chi connectivity index (χ3v) is 10.7. The Balaban J connectivity index is 1.43. The van der Waals surface area contributed by atoms with Crippen molar-refractivity contribution in [1.82, 2.24) is 0 Å². The van der Waals surface area contributed by atoms with Gasteiger partial charge in [-0.15, -0.1) is 4.33 Å². The van der Waals surface area contributed by atoms with Gasteiger partial charge in [0.1, 0.15) is 0 Å². The van der Waals surface area contributed by atoms with E-state index < -0.39 is 10.1 Å². The second-order valence-electron chi connectivity index (χ2n) is 12.4. The van der Waals surface area contributed by atoms with Crippen molar-refractivity contribution < 1.29 is 27.6 Å². The molecule has 52 heavy (non-hydrogen) atoms. The van der Waals surface area contributed by atoms with Gasteiger partial charge in [0.05, 0.1) is 16.9 Å². The topological polar surface area (TPSA) is 103 Å². The lowest BCUT2D eigenvalue weighted by Crippen LogP contribution is -2.22. The van der Waals surface area contributed by atoms with Crippen molar-refractivity contribution >= 4 is 39.2 Å². The fourth-order valence-electron chi connectivity index (χ4n) is 6.57. The van der Waals surface area contributed by atoms with Crippen molar-refractivity contribution in [1.29, 1.82) is 0 Å². The van der Waals surface area contributed by atoms with Gasteiger partial charge in [-0.2, -0.15) is 8.42 Å². The molecule has 0 aliphatic carbocycles. The molecule has 11 heteroatoms. The van der Waals surface area contributed by atoms with E-state index >= 15 is 0 Å². The first kappa shape index (κ1) is 38.9. The Kier molecular flexibility index (Phi) is 13.8. The summed E-state index contributed by atoms with van der Waals surface area (Å²) in [5.41, 5.74) is 8.77. The van der Waals surface area contributed by atoms with Crippen LogP contribution in [0.4, 0.5) is 17.1 Å². The van der Waals surface area contributed by atoms with Gasteiger partial charge in [-0.1, -0.05) is 65.7 Å². The zero-order valence-corrected chi connectivity index (χ0v) is 31.7. The first-order valence-electron chi connectivity index (χ1n) is 17.5. The number of benzene rings is 5. The van der Waals surface area contributed by atoms with Crippen LogP contribution in [0.5, 0.6) is 0 Å². The maximum Gasteiger partial charge on any atom is 0.294 e. The van der Waals surface area contributed by atoms with Crippen molar-refractivity contribution in [3.8, 4) is 0 Å². The number of anilines is 3. The molecule has 0 saturated carbocycles. The summed E-state index contributed by atoms with van der Waals surface area (Å²) in [5, 5.41) is 12.3. The molecule has 0 heterocycles. The van der Waals surface area contributed by atoms with Crippen LogP contribution in [0.15, 0.2) is 131 Å². The summed E-state index contributed by atoms with van der Waals surface area (Å²) in [6.45, 7) is 13.2. The Morgan fingerprint density at radius 1 is 0.596 bits per heavy atom. The van der Waals surface area contributed by atoms with Crippen molar-refractivity contribution in [2.75, 3.05) is 40.9 Å². The highest BCUT2D eigenvalue weighted by Crippen LogP contribution is 2.35. The predicted molar refractivity (Wildman–Crippen MR) is 211 cm³/mol. The number of hydrogen-bond acceptors (Lipinski definition) is 9. The van der Waals surface area contributed by atoms with Crippen LogP contribution in [-0.4, -0.2) is 44.4 Å². The first-order valence-corrected chi connectivity index (χ1v) is 19.7. The van der Waals surface area contributed by atoms with E-state index in [1.165, 1.54) is 28.9 Å². The average Bonchev–Trinajstić information content (AvgIpc) is 3.17. The minimum Gasteiger partial charge on any atom is -0.372 e. The van der Waals surface area contributed by atoms with Crippen LogP contribution in [0, 0.1) is 0 Å². The highest BCUT2D eigenvalue weighted by Gasteiger charge is 2.19. The molecule has 0 aromatic heterocycles. The van der Waals surface area contributed by atoms with E-state index in [1.54, 1.807) is 6.07 Å². The minimum absolute atomic E-state index is 0.00658. The van der Waals surface area contributed by atoms with Gasteiger partial charge >= 0.3 is 0 Å². The Morgan fingerprint density at radius 2 is 1.02 bits per heavy atom. The van der Waals surface area contributed by atoms with Gasteiger partial charge in [0, 0.05) is 67.1 Å². The van der Waals surface area contributed by atoms with Crippen LogP contribution in [-0.2, 0) is 32.6 Å². The van der Waals surface area contributed by atoms with Crippen LogP contribution in [0.1, 0.15) is 61.4 Å². The lowest BCUT2D eigenvalue weighted by atomic mass is 9.85. The Bertz CT molecular complexity index is 1970. The molecule has 0 aliphatic rings. The monoisotopic (exact) mass is 741 g/mol. The molecular weight excluding hydrogens is 695 g/mol. The summed E-state index contributed by atoms with van der Waals surface area (Å²) in [5.74, 6) is -0.00658. The average molecular weight is 742 g/mol. The molecule has 0 saturated heterocycles. The third kappa shape index (κ3) is 9.94. The Labute approximate surface area is 312 Å². The van der Waals surface area contributed by atoms with Gasteiger partial charge in [-0.05, 0) is 116 Å². The summed E-state index contributed by atoms with van der Waals surface area (Å²) < 4.78 is 37.6. The van der Waals surface area contributed by atoms with Gasteiger partial charge in [-0.3, -0.25) is 4.55 Å². The molecule has 5 rings (SSSR count). The Hall–Kier alpha value is -4.36. The number of rotatable bonds is 18. The zero-order chi connectivity index (χ0) is 37.1. The summed E-state index contributed by atoms with van der Waals surface area (Å²) >= 11 is 0.951. The fraction of sp³-hybridized carbons (Fsp3) is 0.268. The molecule has 274 valence electrons. The van der Waals surface area contributed by atoms with Crippen LogP contribution < -0.4 is 14.7 Å². The van der Waals surface area contributed by atoms with Gasteiger partial charge in [0.15, 0.2) is 0 Å². The molecule has 0 amide bonds. The second kappa shape index (κ2) is 18.4. The maximum atomic E-state index is 11.7. The lowest BCUT2D eigenvalue weighted by Gasteiger charge is -2.27. The predicted octanol–water partition coefficient (Wildman–Crippen LogP) is 9.44. The van der Waals surface area contributed by atoms with Gasteiger partial charge in [0.25, 0.3) is 10.1 Å². The quantitative estimate of drug-likeness (QED) is 0.0297. The van der Waals surface area contributed by atoms with E-state index in [4.69, 9.17) is 5.26 Å². The van der Waals surface area contributed by atoms with E-state index in [2.05, 4.69) is 131 Å². The highest BCUT2D eigenvalue weighted by atomic mass is 32.2. The van der Waals surface area contributed by atoms with E-state index in [1.807, 2.05) is 24.3 Å². The van der Waals surface area contributed by atoms with Crippen LogP contribution >= 0.6 is 12.0 Å². The number of hydrogen-bond donors (Lipinski definition) is 2. The van der Waals surface area contributed by atoms with Crippen molar-refractivity contribution in [3.05, 3.63) is 149 Å². The van der Waals surface area contributed by atoms with Crippen molar-refractivity contribution in [3.63, 3.8) is 0 Å². The van der Waals surface area contributed by atoms with Crippen LogP contribution in [0.2, 0.25) is 0 Å². The first-order chi connectivity index (χ1) is 25.2. The van der Waals surface area contributed by atoms with Crippen molar-refractivity contribution in [2.45, 2.75) is 56.5 Å². The normalized spacial score (nSPS) is 12.0. The SMILES string of the molecule is CCN(CC)c1ccc(C(c2ccc(N(CC)Cc3cccc(SOOO)c3)cc2)c2ccc(N(CC)Cc3cccc(S(=O)(=O)O)c3)cc2)cc1. The third-order valence-electron chi connectivity index (χ3n) is 9.30. The molecule has 0 fully saturated rings. The second-order valence-corrected chi connectivity index (χ2v) is 14.6. The Morgan fingerprint density at radius 3 is 1.44 bits per heavy atom. The minimum atomic E-state index is -4.28. The molecule has 1 atom stereocenters. The van der Waals surface area contributed by atoms with Crippen molar-refractivity contribution in [2.24, 2.45) is 0 Å². The van der Waals surface area contributed by atoms with Gasteiger partial charge in [0.2, 0.25) is 0 Å². The molecule has 0 spiro atoms. The highest BCUT2D eigenvalue weighted by molar-refractivity contribution is 7.94. The summed E-state index contributed by atoms with van der Waals surface area (Å²) in [6, 6.07) is 40.7. The van der Waals surface area contributed by atoms with E-state index in [9.17, 15) is 13.0 Å². The molecule has 5 aromatic carbocycles.